The van der Waals surface area contributed by atoms with Crippen molar-refractivity contribution in [1.29, 1.82) is 5.26 Å². The highest BCUT2D eigenvalue weighted by atomic mass is 16.2. The molecule has 0 atom stereocenters. The second-order valence-corrected chi connectivity index (χ2v) is 9.50. The van der Waals surface area contributed by atoms with Gasteiger partial charge in [0.05, 0.1) is 22.7 Å². The van der Waals surface area contributed by atoms with E-state index >= 15 is 0 Å². The largest absolute Gasteiger partial charge is 0.362 e. The molecule has 0 saturated heterocycles. The van der Waals surface area contributed by atoms with Crippen LogP contribution in [0.25, 0.3) is 11.6 Å². The monoisotopic (exact) mass is 502 g/mol. The van der Waals surface area contributed by atoms with Crippen molar-refractivity contribution < 1.29 is 9.59 Å². The minimum atomic E-state index is -0.658. The number of hydrogen-bond donors (Lipinski definition) is 5. The number of benzene rings is 3. The van der Waals surface area contributed by atoms with Crippen LogP contribution < -0.4 is 21.3 Å². The van der Waals surface area contributed by atoms with Gasteiger partial charge in [0.15, 0.2) is 0 Å². The van der Waals surface area contributed by atoms with Gasteiger partial charge in [-0.25, -0.2) is 4.79 Å². The van der Waals surface area contributed by atoms with Crippen molar-refractivity contribution in [1.82, 2.24) is 4.98 Å². The molecule has 0 radical (unpaired) electrons. The summed E-state index contributed by atoms with van der Waals surface area (Å²) in [6.45, 7) is 3.66. The molecule has 1 aromatic heterocycles. The normalized spacial score (nSPS) is 13.4. The van der Waals surface area contributed by atoms with E-state index in [9.17, 15) is 14.9 Å². The third-order valence-corrected chi connectivity index (χ3v) is 6.26. The van der Waals surface area contributed by atoms with Crippen molar-refractivity contribution in [2.75, 3.05) is 21.3 Å². The number of carbonyl (C=O) groups excluding carboxylic acids is 2. The lowest BCUT2D eigenvalue weighted by molar-refractivity contribution is -0.110. The molecular formula is C30H26N6O2. The van der Waals surface area contributed by atoms with Crippen molar-refractivity contribution in [3.05, 3.63) is 102 Å². The van der Waals surface area contributed by atoms with Crippen molar-refractivity contribution in [2.24, 2.45) is 0 Å². The third kappa shape index (κ3) is 5.27. The summed E-state index contributed by atoms with van der Waals surface area (Å²) in [6, 6.07) is 25.9. The van der Waals surface area contributed by atoms with E-state index in [1.54, 1.807) is 18.2 Å². The molecule has 8 nitrogen and oxygen atoms in total. The fourth-order valence-corrected chi connectivity index (χ4v) is 4.19. The summed E-state index contributed by atoms with van der Waals surface area (Å²) < 4.78 is 0. The van der Waals surface area contributed by atoms with Crippen LogP contribution in [0.15, 0.2) is 85.1 Å². The first kappa shape index (κ1) is 24.4. The Bertz CT molecular complexity index is 1600. The maximum Gasteiger partial charge on any atom is 0.323 e. The molecular weight excluding hydrogens is 476 g/mol. The average molecular weight is 503 g/mol. The minimum Gasteiger partial charge on any atom is -0.362 e. The van der Waals surface area contributed by atoms with Crippen LogP contribution in [0, 0.1) is 11.3 Å². The molecule has 38 heavy (non-hydrogen) atoms. The van der Waals surface area contributed by atoms with Gasteiger partial charge in [-0.15, -0.1) is 0 Å². The highest BCUT2D eigenvalue weighted by Gasteiger charge is 2.24. The molecule has 0 aliphatic carbocycles. The topological polar surface area (TPSA) is 122 Å². The number of carbonyl (C=O) groups is 2. The predicted octanol–water partition coefficient (Wildman–Crippen LogP) is 6.70. The number of aromatic nitrogens is 1. The molecule has 5 N–H and O–H groups in total. The van der Waals surface area contributed by atoms with E-state index in [-0.39, 0.29) is 5.91 Å². The van der Waals surface area contributed by atoms with Crippen LogP contribution in [-0.4, -0.2) is 16.9 Å². The Hall–Kier alpha value is -5.29. The maximum atomic E-state index is 12.6. The Balaban J connectivity index is 1.26. The van der Waals surface area contributed by atoms with Gasteiger partial charge in [-0.05, 0) is 80.1 Å². The smallest absolute Gasteiger partial charge is 0.323 e. The standard InChI is InChI=1S/C30H26N6O2/c1-30(2,18-31)19-6-3-7-21(14-19)34-29(38)35-23-9-4-8-22(15-23)33-24-11-12-25-26(16-20-10-5-13-32-20)28(37)36-27(25)17-24/h3-17,32-33H,1-2H3,(H,36,37)(H2,34,35,38). The number of nitrogens with one attached hydrogen (secondary N) is 5. The van der Waals surface area contributed by atoms with Crippen LogP contribution in [0.3, 0.4) is 0 Å². The van der Waals surface area contributed by atoms with Gasteiger partial charge in [-0.3, -0.25) is 4.79 Å². The molecule has 0 fully saturated rings. The molecule has 0 saturated carbocycles. The SMILES string of the molecule is CC(C)(C#N)c1cccc(NC(=O)Nc2cccc(Nc3ccc4c(c3)NC(=O)C4=Cc3ccc[nH]3)c2)c1. The molecule has 0 spiro atoms. The zero-order valence-corrected chi connectivity index (χ0v) is 20.9. The number of aromatic amines is 1. The van der Waals surface area contributed by atoms with Crippen LogP contribution in [0.4, 0.5) is 33.2 Å². The highest BCUT2D eigenvalue weighted by molar-refractivity contribution is 6.35. The van der Waals surface area contributed by atoms with Crippen molar-refractivity contribution in [3.8, 4) is 6.07 Å². The first-order valence-corrected chi connectivity index (χ1v) is 12.1. The lowest BCUT2D eigenvalue weighted by atomic mass is 9.86. The molecule has 5 rings (SSSR count). The van der Waals surface area contributed by atoms with E-state index in [4.69, 9.17) is 0 Å². The maximum absolute atomic E-state index is 12.6. The third-order valence-electron chi connectivity index (χ3n) is 6.26. The number of urea groups is 1. The van der Waals surface area contributed by atoms with Crippen LogP contribution in [0.5, 0.6) is 0 Å². The lowest BCUT2D eigenvalue weighted by Gasteiger charge is -2.17. The van der Waals surface area contributed by atoms with Crippen LogP contribution in [0.1, 0.15) is 30.7 Å². The summed E-state index contributed by atoms with van der Waals surface area (Å²) >= 11 is 0. The first-order chi connectivity index (χ1) is 18.3. The minimum absolute atomic E-state index is 0.148. The summed E-state index contributed by atoms with van der Waals surface area (Å²) in [6.07, 6.45) is 3.64. The van der Waals surface area contributed by atoms with E-state index in [0.717, 1.165) is 33.9 Å². The van der Waals surface area contributed by atoms with Crippen LogP contribution >= 0.6 is 0 Å². The Morgan fingerprint density at radius 2 is 1.61 bits per heavy atom. The molecule has 0 bridgehead atoms. The fourth-order valence-electron chi connectivity index (χ4n) is 4.19. The number of H-pyrrole nitrogens is 1. The molecule has 3 aromatic carbocycles. The van der Waals surface area contributed by atoms with E-state index in [2.05, 4.69) is 32.3 Å². The van der Waals surface area contributed by atoms with Gasteiger partial charge in [-0.1, -0.05) is 24.3 Å². The van der Waals surface area contributed by atoms with Gasteiger partial charge in [-0.2, -0.15) is 5.26 Å². The number of anilines is 5. The van der Waals surface area contributed by atoms with Crippen molar-refractivity contribution in [3.63, 3.8) is 0 Å². The van der Waals surface area contributed by atoms with Crippen LogP contribution in [-0.2, 0) is 10.2 Å². The van der Waals surface area contributed by atoms with Gasteiger partial charge in [0.25, 0.3) is 5.91 Å². The number of nitrogens with zero attached hydrogens (tertiary/aromatic N) is 1. The molecule has 4 aromatic rings. The predicted molar refractivity (Wildman–Crippen MR) is 151 cm³/mol. The summed E-state index contributed by atoms with van der Waals surface area (Å²) in [5, 5.41) is 21.3. The number of rotatable bonds is 6. The molecule has 0 unspecified atom stereocenters. The molecule has 1 aliphatic heterocycles. The van der Waals surface area contributed by atoms with Gasteiger partial charge in [0, 0.05) is 40.2 Å². The first-order valence-electron chi connectivity index (χ1n) is 12.1. The summed E-state index contributed by atoms with van der Waals surface area (Å²) in [5.74, 6) is -0.148. The van der Waals surface area contributed by atoms with Gasteiger partial charge in [0.1, 0.15) is 0 Å². The molecule has 8 heteroatoms. The Labute approximate surface area is 220 Å². The average Bonchev–Trinajstić information content (AvgIpc) is 3.52. The number of hydrogen-bond acceptors (Lipinski definition) is 4. The second-order valence-electron chi connectivity index (χ2n) is 9.50. The van der Waals surface area contributed by atoms with Gasteiger partial charge >= 0.3 is 6.03 Å². The zero-order chi connectivity index (χ0) is 26.7. The van der Waals surface area contributed by atoms with Crippen molar-refractivity contribution in [2.45, 2.75) is 19.3 Å². The molecule has 2 heterocycles. The Morgan fingerprint density at radius 3 is 2.34 bits per heavy atom. The Kier molecular flexibility index (Phi) is 6.42. The molecule has 188 valence electrons. The quantitative estimate of drug-likeness (QED) is 0.188. The van der Waals surface area contributed by atoms with E-state index in [1.165, 1.54) is 0 Å². The lowest BCUT2D eigenvalue weighted by Crippen LogP contribution is -2.20. The molecule has 3 amide bonds. The Morgan fingerprint density at radius 1 is 0.895 bits per heavy atom. The van der Waals surface area contributed by atoms with Crippen LogP contribution in [0.2, 0.25) is 0 Å². The summed E-state index contributed by atoms with van der Waals surface area (Å²) in [7, 11) is 0. The number of amides is 3. The highest BCUT2D eigenvalue weighted by Crippen LogP contribution is 2.35. The van der Waals surface area contributed by atoms with Gasteiger partial charge < -0.3 is 26.3 Å². The fraction of sp³-hybridized carbons (Fsp3) is 0.100. The summed E-state index contributed by atoms with van der Waals surface area (Å²) in [5.41, 5.74) is 5.96. The van der Waals surface area contributed by atoms with E-state index in [1.807, 2.05) is 86.8 Å². The van der Waals surface area contributed by atoms with Gasteiger partial charge in [0.2, 0.25) is 0 Å². The van der Waals surface area contributed by atoms with E-state index < -0.39 is 11.4 Å². The number of nitriles is 1. The molecule has 1 aliphatic rings. The van der Waals surface area contributed by atoms with E-state index in [0.29, 0.717) is 16.9 Å². The zero-order valence-electron chi connectivity index (χ0n) is 20.9. The summed E-state index contributed by atoms with van der Waals surface area (Å²) in [4.78, 5) is 28.2. The number of fused-ring (bicyclic) bond motifs is 1. The second kappa shape index (κ2) is 9.99. The van der Waals surface area contributed by atoms with Crippen molar-refractivity contribution >= 4 is 52.0 Å².